The predicted molar refractivity (Wildman–Crippen MR) is 257 cm³/mol. The minimum Gasteiger partial charge on any atom is -0.462 e. The summed E-state index contributed by atoms with van der Waals surface area (Å²) in [5, 5.41) is 0. The topological polar surface area (TPSA) is 78.9 Å². The first-order chi connectivity index (χ1) is 29.5. The number of hydrogen-bond acceptors (Lipinski definition) is 6. The van der Waals surface area contributed by atoms with Gasteiger partial charge in [-0.2, -0.15) is 0 Å². The Bertz CT molecular complexity index is 889. The normalized spacial score (nSPS) is 11.8. The Labute approximate surface area is 374 Å². The Morgan fingerprint density at radius 3 is 0.667 bits per heavy atom. The highest BCUT2D eigenvalue weighted by Crippen LogP contribution is 2.17. The number of unbranched alkanes of at least 4 members (excludes halogenated alkanes) is 39. The molecule has 0 spiro atoms. The van der Waals surface area contributed by atoms with Crippen molar-refractivity contribution in [1.82, 2.24) is 0 Å². The van der Waals surface area contributed by atoms with Gasteiger partial charge in [0, 0.05) is 19.3 Å². The van der Waals surface area contributed by atoms with Gasteiger partial charge in [0.2, 0.25) is 0 Å². The molecule has 0 unspecified atom stereocenters. The van der Waals surface area contributed by atoms with Gasteiger partial charge in [-0.25, -0.2) is 0 Å². The van der Waals surface area contributed by atoms with Gasteiger partial charge in [-0.05, 0) is 19.3 Å². The van der Waals surface area contributed by atoms with Crippen LogP contribution in [0.2, 0.25) is 0 Å². The average molecular weight is 849 g/mol. The maximum atomic E-state index is 12.8. The Balaban J connectivity index is 4.29. The molecule has 0 bridgehead atoms. The molecule has 0 amide bonds. The van der Waals surface area contributed by atoms with Crippen LogP contribution in [0.1, 0.15) is 310 Å². The van der Waals surface area contributed by atoms with Gasteiger partial charge >= 0.3 is 17.9 Å². The summed E-state index contributed by atoms with van der Waals surface area (Å²) in [6, 6.07) is 0. The highest BCUT2D eigenvalue weighted by molar-refractivity contribution is 5.71. The molecule has 0 aromatic rings. The molecule has 0 saturated carbocycles. The van der Waals surface area contributed by atoms with E-state index in [0.717, 1.165) is 57.8 Å². The molecule has 1 atom stereocenters. The second kappa shape index (κ2) is 50.1. The average Bonchev–Trinajstić information content (AvgIpc) is 3.24. The van der Waals surface area contributed by atoms with E-state index in [1.807, 2.05) is 0 Å². The highest BCUT2D eigenvalue weighted by Gasteiger charge is 2.19. The summed E-state index contributed by atoms with van der Waals surface area (Å²) in [5.74, 6) is -0.837. The van der Waals surface area contributed by atoms with Crippen molar-refractivity contribution in [3.05, 3.63) is 0 Å². The minimum atomic E-state index is -0.759. The third-order valence-electron chi connectivity index (χ3n) is 12.4. The third-order valence-corrected chi connectivity index (χ3v) is 12.4. The highest BCUT2D eigenvalue weighted by atomic mass is 16.6. The van der Waals surface area contributed by atoms with Crippen molar-refractivity contribution in [2.75, 3.05) is 13.2 Å². The van der Waals surface area contributed by atoms with Gasteiger partial charge < -0.3 is 14.2 Å². The Morgan fingerprint density at radius 2 is 0.450 bits per heavy atom. The number of carbonyl (C=O) groups is 3. The number of carbonyl (C=O) groups excluding carboxylic acids is 3. The molecule has 0 aromatic heterocycles. The van der Waals surface area contributed by atoms with Crippen LogP contribution in [0.3, 0.4) is 0 Å². The second-order valence-corrected chi connectivity index (χ2v) is 18.5. The molecule has 0 rings (SSSR count). The van der Waals surface area contributed by atoms with Gasteiger partial charge in [-0.1, -0.05) is 271 Å². The monoisotopic (exact) mass is 849 g/mol. The molecular formula is C54H104O6. The van der Waals surface area contributed by atoms with E-state index in [1.54, 1.807) is 0 Å². The molecule has 0 radical (unpaired) electrons. The maximum absolute atomic E-state index is 12.8. The van der Waals surface area contributed by atoms with Gasteiger partial charge in [0.15, 0.2) is 6.10 Å². The van der Waals surface area contributed by atoms with Crippen molar-refractivity contribution >= 4 is 17.9 Å². The predicted octanol–water partition coefficient (Wildman–Crippen LogP) is 17.6. The SMILES string of the molecule is CCCCCCCCCCCCCCCCCCC(=O)OC[C@H](COC(=O)CCCCCCCCCCCCCCC)OC(=O)CCCCCCCCCCCCCCC. The van der Waals surface area contributed by atoms with Crippen molar-refractivity contribution in [2.45, 2.75) is 316 Å². The lowest BCUT2D eigenvalue weighted by Gasteiger charge is -2.18. The summed E-state index contributed by atoms with van der Waals surface area (Å²) >= 11 is 0. The summed E-state index contributed by atoms with van der Waals surface area (Å²) in [7, 11) is 0. The molecule has 0 fully saturated rings. The Hall–Kier alpha value is -1.59. The van der Waals surface area contributed by atoms with Crippen LogP contribution in [0.25, 0.3) is 0 Å². The fourth-order valence-electron chi connectivity index (χ4n) is 8.27. The van der Waals surface area contributed by atoms with Crippen molar-refractivity contribution in [3.8, 4) is 0 Å². The zero-order valence-electron chi connectivity index (χ0n) is 40.8. The zero-order chi connectivity index (χ0) is 43.7. The summed E-state index contributed by atoms with van der Waals surface area (Å²) in [6.45, 7) is 6.69. The van der Waals surface area contributed by atoms with Crippen LogP contribution in [0, 0.1) is 0 Å². The number of hydrogen-bond donors (Lipinski definition) is 0. The first kappa shape index (κ1) is 58.4. The third kappa shape index (κ3) is 47.5. The zero-order valence-corrected chi connectivity index (χ0v) is 40.8. The van der Waals surface area contributed by atoms with Gasteiger partial charge in [0.25, 0.3) is 0 Å². The fourth-order valence-corrected chi connectivity index (χ4v) is 8.27. The molecular weight excluding hydrogens is 745 g/mol. The van der Waals surface area contributed by atoms with Crippen LogP contribution in [-0.2, 0) is 28.6 Å². The number of ether oxygens (including phenoxy) is 3. The molecule has 0 heterocycles. The lowest BCUT2D eigenvalue weighted by atomic mass is 10.0. The van der Waals surface area contributed by atoms with Gasteiger partial charge in [-0.15, -0.1) is 0 Å². The minimum absolute atomic E-state index is 0.0615. The van der Waals surface area contributed by atoms with E-state index in [1.165, 1.54) is 212 Å². The summed E-state index contributed by atoms with van der Waals surface area (Å²) in [4.78, 5) is 38.0. The molecule has 0 N–H and O–H groups in total. The molecule has 6 heteroatoms. The fraction of sp³-hybridized carbons (Fsp3) is 0.944. The van der Waals surface area contributed by atoms with E-state index in [4.69, 9.17) is 14.2 Å². The maximum Gasteiger partial charge on any atom is 0.306 e. The van der Waals surface area contributed by atoms with E-state index in [-0.39, 0.29) is 31.1 Å². The van der Waals surface area contributed by atoms with Crippen LogP contribution in [0.15, 0.2) is 0 Å². The number of rotatable bonds is 50. The molecule has 0 aromatic carbocycles. The van der Waals surface area contributed by atoms with Crippen molar-refractivity contribution in [3.63, 3.8) is 0 Å². The van der Waals surface area contributed by atoms with E-state index >= 15 is 0 Å². The van der Waals surface area contributed by atoms with E-state index < -0.39 is 6.10 Å². The first-order valence-electron chi connectivity index (χ1n) is 27.0. The summed E-state index contributed by atoms with van der Waals surface area (Å²) < 4.78 is 16.8. The summed E-state index contributed by atoms with van der Waals surface area (Å²) in [5.41, 5.74) is 0. The van der Waals surface area contributed by atoms with E-state index in [9.17, 15) is 14.4 Å². The molecule has 0 aliphatic carbocycles. The lowest BCUT2D eigenvalue weighted by Crippen LogP contribution is -2.30. The van der Waals surface area contributed by atoms with Crippen LogP contribution < -0.4 is 0 Å². The molecule has 356 valence electrons. The first-order valence-corrected chi connectivity index (χ1v) is 27.0. The smallest absolute Gasteiger partial charge is 0.306 e. The second-order valence-electron chi connectivity index (χ2n) is 18.5. The van der Waals surface area contributed by atoms with E-state index in [2.05, 4.69) is 20.8 Å². The number of esters is 3. The van der Waals surface area contributed by atoms with Gasteiger partial charge in [0.1, 0.15) is 13.2 Å². The van der Waals surface area contributed by atoms with Crippen LogP contribution in [-0.4, -0.2) is 37.2 Å². The molecule has 0 aliphatic heterocycles. The van der Waals surface area contributed by atoms with Crippen LogP contribution in [0.5, 0.6) is 0 Å². The standard InChI is InChI=1S/C54H104O6/c1-4-7-10-13-16-19-22-25-26-27-30-32-35-38-41-44-47-53(56)59-50-51(60-54(57)48-45-42-39-36-33-29-24-21-18-15-12-9-6-3)49-58-52(55)46-43-40-37-34-31-28-23-20-17-14-11-8-5-2/h51H,4-50H2,1-3H3/t51-/m0/s1. The van der Waals surface area contributed by atoms with Crippen LogP contribution in [0.4, 0.5) is 0 Å². The molecule has 60 heavy (non-hydrogen) atoms. The van der Waals surface area contributed by atoms with Crippen LogP contribution >= 0.6 is 0 Å². The van der Waals surface area contributed by atoms with Crippen molar-refractivity contribution in [2.24, 2.45) is 0 Å². The summed E-state index contributed by atoms with van der Waals surface area (Å²) in [6.07, 6.45) is 53.7. The molecule has 0 aliphatic rings. The van der Waals surface area contributed by atoms with Gasteiger partial charge in [-0.3, -0.25) is 14.4 Å². The largest absolute Gasteiger partial charge is 0.462 e. The Morgan fingerprint density at radius 1 is 0.267 bits per heavy atom. The molecule has 6 nitrogen and oxygen atoms in total. The van der Waals surface area contributed by atoms with Crippen molar-refractivity contribution < 1.29 is 28.6 Å². The van der Waals surface area contributed by atoms with Gasteiger partial charge in [0.05, 0.1) is 0 Å². The lowest BCUT2D eigenvalue weighted by molar-refractivity contribution is -0.167. The van der Waals surface area contributed by atoms with E-state index in [0.29, 0.717) is 19.3 Å². The quantitative estimate of drug-likeness (QED) is 0.0345. The molecule has 0 saturated heterocycles. The van der Waals surface area contributed by atoms with Crippen molar-refractivity contribution in [1.29, 1.82) is 0 Å². The Kier molecular flexibility index (Phi) is 48.7.